The van der Waals surface area contributed by atoms with Crippen molar-refractivity contribution in [2.24, 2.45) is 0 Å². The number of carbonyl (C=O) groups excluding carboxylic acids is 1. The van der Waals surface area contributed by atoms with Crippen LogP contribution < -0.4 is 4.90 Å². The van der Waals surface area contributed by atoms with E-state index in [1.165, 1.54) is 22.3 Å². The van der Waals surface area contributed by atoms with E-state index in [9.17, 15) is 13.6 Å². The smallest absolute Gasteiger partial charge is 0.260 e. The predicted molar refractivity (Wildman–Crippen MR) is 115 cm³/mol. The molecule has 0 atom stereocenters. The minimum Gasteiger partial charge on any atom is -0.379 e. The number of benzene rings is 2. The number of aromatic nitrogens is 1. The number of hydrogen-bond donors (Lipinski definition) is 0. The van der Waals surface area contributed by atoms with Crippen LogP contribution in [0.25, 0.3) is 10.2 Å². The number of aryl methyl sites for hydroxylation is 1. The fourth-order valence-corrected chi connectivity index (χ4v) is 4.68. The lowest BCUT2D eigenvalue weighted by atomic mass is 10.2. The molecule has 2 aromatic carbocycles. The minimum absolute atomic E-state index is 0.0675. The van der Waals surface area contributed by atoms with E-state index < -0.39 is 17.5 Å². The fraction of sp³-hybridized carbons (Fsp3) is 0.333. The number of halogens is 3. The number of amides is 1. The quantitative estimate of drug-likeness (QED) is 0.572. The van der Waals surface area contributed by atoms with Crippen LogP contribution in [-0.4, -0.2) is 55.2 Å². The van der Waals surface area contributed by atoms with Crippen molar-refractivity contribution < 1.29 is 18.3 Å². The normalized spacial score (nSPS) is 14.9. The number of morpholine rings is 1. The van der Waals surface area contributed by atoms with Gasteiger partial charge in [0.1, 0.15) is 0 Å². The van der Waals surface area contributed by atoms with Crippen LogP contribution >= 0.6 is 22.9 Å². The molecular formula is C21H20ClF2N3O2S. The second-order valence-corrected chi connectivity index (χ2v) is 8.46. The monoisotopic (exact) mass is 451 g/mol. The highest BCUT2D eigenvalue weighted by Crippen LogP contribution is 2.36. The summed E-state index contributed by atoms with van der Waals surface area (Å²) in [6.45, 7) is 5.74. The Morgan fingerprint density at radius 3 is 2.70 bits per heavy atom. The Balaban J connectivity index is 1.69. The summed E-state index contributed by atoms with van der Waals surface area (Å²) >= 11 is 7.65. The standard InChI is InChI=1S/C21H20ClF2N3O2S/c1-13-2-4-15(22)19-18(13)25-21(30-19)27(7-6-26-8-10-29-11-9-26)20(28)14-3-5-16(23)17(24)12-14/h2-5,12H,6-11H2,1H3. The van der Waals surface area contributed by atoms with Gasteiger partial charge in [0, 0.05) is 31.7 Å². The first-order valence-corrected chi connectivity index (χ1v) is 10.8. The number of anilines is 1. The van der Waals surface area contributed by atoms with Gasteiger partial charge >= 0.3 is 0 Å². The molecule has 9 heteroatoms. The number of nitrogens with zero attached hydrogens (tertiary/aromatic N) is 3. The maximum Gasteiger partial charge on any atom is 0.260 e. The Hall–Kier alpha value is -2.13. The van der Waals surface area contributed by atoms with Gasteiger partial charge in [0.05, 0.1) is 28.5 Å². The first kappa shape index (κ1) is 21.1. The molecule has 158 valence electrons. The third-order valence-corrected chi connectivity index (χ3v) is 6.61. The van der Waals surface area contributed by atoms with Crippen molar-refractivity contribution in [1.29, 1.82) is 0 Å². The zero-order valence-electron chi connectivity index (χ0n) is 16.3. The summed E-state index contributed by atoms with van der Waals surface area (Å²) in [5.41, 5.74) is 1.75. The van der Waals surface area contributed by atoms with Crippen LogP contribution in [0, 0.1) is 18.6 Å². The van der Waals surface area contributed by atoms with Crippen LogP contribution in [0.5, 0.6) is 0 Å². The van der Waals surface area contributed by atoms with Crippen molar-refractivity contribution in [1.82, 2.24) is 9.88 Å². The molecule has 1 aromatic heterocycles. The summed E-state index contributed by atoms with van der Waals surface area (Å²) in [6.07, 6.45) is 0. The van der Waals surface area contributed by atoms with E-state index >= 15 is 0 Å². The van der Waals surface area contributed by atoms with Crippen molar-refractivity contribution in [3.63, 3.8) is 0 Å². The second kappa shape index (κ2) is 8.93. The molecule has 1 aliphatic rings. The lowest BCUT2D eigenvalue weighted by molar-refractivity contribution is 0.0391. The average Bonchev–Trinajstić information content (AvgIpc) is 3.20. The van der Waals surface area contributed by atoms with E-state index in [0.717, 1.165) is 41.0 Å². The fourth-order valence-electron chi connectivity index (χ4n) is 3.34. The Labute approximate surface area is 181 Å². The number of carbonyl (C=O) groups is 1. The molecular weight excluding hydrogens is 432 g/mol. The van der Waals surface area contributed by atoms with Crippen LogP contribution in [0.4, 0.5) is 13.9 Å². The molecule has 0 aliphatic carbocycles. The van der Waals surface area contributed by atoms with Crippen LogP contribution in [0.1, 0.15) is 15.9 Å². The Kier molecular flexibility index (Phi) is 6.29. The molecule has 1 aliphatic heterocycles. The van der Waals surface area contributed by atoms with Crippen molar-refractivity contribution in [3.05, 3.63) is 58.1 Å². The van der Waals surface area contributed by atoms with E-state index in [-0.39, 0.29) is 5.56 Å². The largest absolute Gasteiger partial charge is 0.379 e. The summed E-state index contributed by atoms with van der Waals surface area (Å²) in [5, 5.41) is 1.04. The van der Waals surface area contributed by atoms with Gasteiger partial charge in [0.25, 0.3) is 5.91 Å². The highest BCUT2D eigenvalue weighted by Gasteiger charge is 2.24. The summed E-state index contributed by atoms with van der Waals surface area (Å²) in [6, 6.07) is 6.85. The van der Waals surface area contributed by atoms with Crippen molar-refractivity contribution in [3.8, 4) is 0 Å². The van der Waals surface area contributed by atoms with Gasteiger partial charge in [-0.2, -0.15) is 0 Å². The first-order chi connectivity index (χ1) is 14.4. The molecule has 2 heterocycles. The van der Waals surface area contributed by atoms with Crippen LogP contribution in [-0.2, 0) is 4.74 Å². The Morgan fingerprint density at radius 2 is 2.00 bits per heavy atom. The molecule has 1 amide bonds. The second-order valence-electron chi connectivity index (χ2n) is 7.08. The molecule has 0 radical (unpaired) electrons. The van der Waals surface area contributed by atoms with Crippen molar-refractivity contribution >= 4 is 44.2 Å². The van der Waals surface area contributed by atoms with Gasteiger partial charge in [-0.3, -0.25) is 14.6 Å². The molecule has 1 saturated heterocycles. The summed E-state index contributed by atoms with van der Waals surface area (Å²) < 4.78 is 33.3. The van der Waals surface area contributed by atoms with Gasteiger partial charge < -0.3 is 4.74 Å². The van der Waals surface area contributed by atoms with Crippen molar-refractivity contribution in [2.75, 3.05) is 44.3 Å². The summed E-state index contributed by atoms with van der Waals surface area (Å²) in [5.74, 6) is -2.49. The molecule has 0 saturated carbocycles. The number of rotatable bonds is 5. The number of hydrogen-bond acceptors (Lipinski definition) is 5. The highest BCUT2D eigenvalue weighted by molar-refractivity contribution is 7.23. The Bertz CT molecular complexity index is 1050. The minimum atomic E-state index is -1.06. The maximum atomic E-state index is 13.8. The first-order valence-electron chi connectivity index (χ1n) is 9.56. The molecule has 0 N–H and O–H groups in total. The van der Waals surface area contributed by atoms with E-state index in [0.29, 0.717) is 36.5 Å². The molecule has 3 aromatic rings. The van der Waals surface area contributed by atoms with Gasteiger partial charge in [0.15, 0.2) is 16.8 Å². The third-order valence-electron chi connectivity index (χ3n) is 5.07. The molecule has 30 heavy (non-hydrogen) atoms. The van der Waals surface area contributed by atoms with Gasteiger partial charge in [-0.1, -0.05) is 29.0 Å². The molecule has 0 spiro atoms. The van der Waals surface area contributed by atoms with Crippen molar-refractivity contribution in [2.45, 2.75) is 6.92 Å². The number of ether oxygens (including phenoxy) is 1. The predicted octanol–water partition coefficient (Wildman–Crippen LogP) is 4.52. The number of fused-ring (bicyclic) bond motifs is 1. The van der Waals surface area contributed by atoms with E-state index in [1.807, 2.05) is 13.0 Å². The zero-order chi connectivity index (χ0) is 21.3. The third kappa shape index (κ3) is 4.32. The van der Waals surface area contributed by atoms with Crippen LogP contribution in [0.3, 0.4) is 0 Å². The van der Waals surface area contributed by atoms with E-state index in [4.69, 9.17) is 16.3 Å². The maximum absolute atomic E-state index is 13.8. The van der Waals surface area contributed by atoms with Crippen LogP contribution in [0.15, 0.2) is 30.3 Å². The molecule has 1 fully saturated rings. The van der Waals surface area contributed by atoms with E-state index in [2.05, 4.69) is 9.88 Å². The van der Waals surface area contributed by atoms with Gasteiger partial charge in [-0.15, -0.1) is 0 Å². The molecule has 0 bridgehead atoms. The number of thiazole rings is 1. The SMILES string of the molecule is Cc1ccc(Cl)c2sc(N(CCN3CCOCC3)C(=O)c3ccc(F)c(F)c3)nc12. The van der Waals surface area contributed by atoms with Crippen LogP contribution in [0.2, 0.25) is 5.02 Å². The Morgan fingerprint density at radius 1 is 1.23 bits per heavy atom. The summed E-state index contributed by atoms with van der Waals surface area (Å²) in [7, 11) is 0. The zero-order valence-corrected chi connectivity index (χ0v) is 17.9. The molecule has 0 unspecified atom stereocenters. The topological polar surface area (TPSA) is 45.7 Å². The van der Waals surface area contributed by atoms with Gasteiger partial charge in [0.2, 0.25) is 0 Å². The van der Waals surface area contributed by atoms with E-state index in [1.54, 1.807) is 6.07 Å². The molecule has 4 rings (SSSR count). The lowest BCUT2D eigenvalue weighted by Crippen LogP contribution is -2.43. The summed E-state index contributed by atoms with van der Waals surface area (Å²) in [4.78, 5) is 21.6. The highest BCUT2D eigenvalue weighted by atomic mass is 35.5. The average molecular weight is 452 g/mol. The molecule has 5 nitrogen and oxygen atoms in total. The lowest BCUT2D eigenvalue weighted by Gasteiger charge is -2.29. The van der Waals surface area contributed by atoms with Gasteiger partial charge in [-0.25, -0.2) is 13.8 Å². The van der Waals surface area contributed by atoms with Gasteiger partial charge in [-0.05, 0) is 36.8 Å².